The molecule has 1 aliphatic heterocycles. The Hall–Kier alpha value is -1.18. The van der Waals surface area contributed by atoms with Crippen LogP contribution >= 0.6 is 23.1 Å². The number of thioether (sulfide) groups is 1. The number of nitrogens with zero attached hydrogens (tertiary/aromatic N) is 3. The van der Waals surface area contributed by atoms with Crippen LogP contribution in [0.3, 0.4) is 0 Å². The zero-order valence-electron chi connectivity index (χ0n) is 12.8. The lowest BCUT2D eigenvalue weighted by molar-refractivity contribution is -0.130. The molecule has 2 aromatic rings. The summed E-state index contributed by atoms with van der Waals surface area (Å²) in [5.41, 5.74) is 0. The molecule has 0 radical (unpaired) electrons. The van der Waals surface area contributed by atoms with E-state index in [-0.39, 0.29) is 11.2 Å². The second kappa shape index (κ2) is 6.93. The number of carbonyl (C=O) groups is 1. The van der Waals surface area contributed by atoms with E-state index < -0.39 is 0 Å². The first-order valence-electron chi connectivity index (χ1n) is 7.58. The SMILES string of the molecule is CCc1cc2c(SC(C)C(=O)N3CCNCC3)ncnc2s1. The first-order chi connectivity index (χ1) is 10.7. The lowest BCUT2D eigenvalue weighted by atomic mass is 10.3. The topological polar surface area (TPSA) is 58.1 Å². The number of thiophene rings is 1. The van der Waals surface area contributed by atoms with Crippen LogP contribution in [0.5, 0.6) is 0 Å². The van der Waals surface area contributed by atoms with Crippen LogP contribution in [0.15, 0.2) is 17.4 Å². The Balaban J connectivity index is 1.77. The third-order valence-corrected chi connectivity index (χ3v) is 6.05. The second-order valence-corrected chi connectivity index (χ2v) is 7.74. The van der Waals surface area contributed by atoms with Gasteiger partial charge in [-0.05, 0) is 19.4 Å². The van der Waals surface area contributed by atoms with Gasteiger partial charge in [-0.15, -0.1) is 11.3 Å². The van der Waals surface area contributed by atoms with Gasteiger partial charge in [0.05, 0.1) is 5.25 Å². The van der Waals surface area contributed by atoms with Crippen molar-refractivity contribution >= 4 is 39.2 Å². The molecule has 118 valence electrons. The monoisotopic (exact) mass is 336 g/mol. The van der Waals surface area contributed by atoms with Gasteiger partial charge in [0, 0.05) is 36.4 Å². The van der Waals surface area contributed by atoms with Gasteiger partial charge in [0.2, 0.25) is 5.91 Å². The highest BCUT2D eigenvalue weighted by atomic mass is 32.2. The Labute approximate surface area is 138 Å². The van der Waals surface area contributed by atoms with Crippen molar-refractivity contribution in [1.29, 1.82) is 0 Å². The fraction of sp³-hybridized carbons (Fsp3) is 0.533. The van der Waals surface area contributed by atoms with Crippen LogP contribution in [0.1, 0.15) is 18.7 Å². The third kappa shape index (κ3) is 3.26. The molecule has 1 atom stereocenters. The summed E-state index contributed by atoms with van der Waals surface area (Å²) in [6.07, 6.45) is 2.60. The average molecular weight is 336 g/mol. The number of carbonyl (C=O) groups excluding carboxylic acids is 1. The van der Waals surface area contributed by atoms with Crippen LogP contribution in [0.4, 0.5) is 0 Å². The number of nitrogens with one attached hydrogen (secondary N) is 1. The van der Waals surface area contributed by atoms with Crippen molar-refractivity contribution in [3.63, 3.8) is 0 Å². The Bertz CT molecular complexity index is 667. The standard InChI is InChI=1S/C15H20N4OS2/c1-3-11-8-12-13(17-9-18-14(12)22-11)21-10(2)15(20)19-6-4-16-5-7-19/h8-10,16H,3-7H2,1-2H3. The van der Waals surface area contributed by atoms with E-state index in [4.69, 9.17) is 0 Å². The molecule has 5 nitrogen and oxygen atoms in total. The Morgan fingerprint density at radius 1 is 1.45 bits per heavy atom. The maximum Gasteiger partial charge on any atom is 0.235 e. The zero-order valence-corrected chi connectivity index (χ0v) is 14.5. The summed E-state index contributed by atoms with van der Waals surface area (Å²) in [5.74, 6) is 0.198. The normalized spacial score (nSPS) is 16.9. The van der Waals surface area contributed by atoms with Crippen LogP contribution in [-0.2, 0) is 11.2 Å². The molecule has 0 spiro atoms. The van der Waals surface area contributed by atoms with Gasteiger partial charge in [-0.3, -0.25) is 4.79 Å². The fourth-order valence-corrected chi connectivity index (χ4v) is 4.49. The number of piperazine rings is 1. The van der Waals surface area contributed by atoms with Crippen LogP contribution in [0.2, 0.25) is 0 Å². The molecule has 1 N–H and O–H groups in total. The molecule has 7 heteroatoms. The maximum absolute atomic E-state index is 12.5. The molecule has 1 fully saturated rings. The van der Waals surface area contributed by atoms with Crippen molar-refractivity contribution in [2.75, 3.05) is 26.2 Å². The van der Waals surface area contributed by atoms with Crippen molar-refractivity contribution in [2.24, 2.45) is 0 Å². The smallest absolute Gasteiger partial charge is 0.235 e. The maximum atomic E-state index is 12.5. The van der Waals surface area contributed by atoms with E-state index in [1.54, 1.807) is 29.4 Å². The number of aromatic nitrogens is 2. The third-order valence-electron chi connectivity index (χ3n) is 3.76. The average Bonchev–Trinajstić information content (AvgIpc) is 2.99. The van der Waals surface area contributed by atoms with Crippen LogP contribution < -0.4 is 5.32 Å². The van der Waals surface area contributed by atoms with E-state index in [9.17, 15) is 4.79 Å². The van der Waals surface area contributed by atoms with Crippen molar-refractivity contribution in [2.45, 2.75) is 30.5 Å². The number of hydrogen-bond donors (Lipinski definition) is 1. The zero-order chi connectivity index (χ0) is 15.5. The molecule has 1 saturated heterocycles. The summed E-state index contributed by atoms with van der Waals surface area (Å²) in [5, 5.41) is 5.14. The Morgan fingerprint density at radius 2 is 2.23 bits per heavy atom. The van der Waals surface area contributed by atoms with Gasteiger partial charge in [0.25, 0.3) is 0 Å². The Morgan fingerprint density at radius 3 is 2.95 bits per heavy atom. The highest BCUT2D eigenvalue weighted by molar-refractivity contribution is 8.00. The first kappa shape index (κ1) is 15.7. The van der Waals surface area contributed by atoms with E-state index in [1.807, 2.05) is 11.8 Å². The van der Waals surface area contributed by atoms with Gasteiger partial charge in [0.15, 0.2) is 0 Å². The van der Waals surface area contributed by atoms with Crippen LogP contribution in [-0.4, -0.2) is 52.2 Å². The number of hydrogen-bond acceptors (Lipinski definition) is 6. The lowest BCUT2D eigenvalue weighted by Gasteiger charge is -2.29. The summed E-state index contributed by atoms with van der Waals surface area (Å²) in [7, 11) is 0. The summed E-state index contributed by atoms with van der Waals surface area (Å²) in [6, 6.07) is 2.16. The molecule has 1 aliphatic rings. The van der Waals surface area contributed by atoms with Crippen molar-refractivity contribution < 1.29 is 4.79 Å². The molecular weight excluding hydrogens is 316 g/mol. The van der Waals surface area contributed by atoms with Crippen molar-refractivity contribution in [3.8, 4) is 0 Å². The highest BCUT2D eigenvalue weighted by Gasteiger charge is 2.24. The predicted molar refractivity (Wildman–Crippen MR) is 91.6 cm³/mol. The fourth-order valence-electron chi connectivity index (χ4n) is 2.51. The van der Waals surface area contributed by atoms with Crippen LogP contribution in [0.25, 0.3) is 10.2 Å². The minimum absolute atomic E-state index is 0.124. The molecular formula is C15H20N4OS2. The second-order valence-electron chi connectivity index (χ2n) is 5.30. The quantitative estimate of drug-likeness (QED) is 0.685. The number of fused-ring (bicyclic) bond motifs is 1. The molecule has 3 heterocycles. The van der Waals surface area contributed by atoms with E-state index in [1.165, 1.54) is 4.88 Å². The molecule has 0 aliphatic carbocycles. The Kier molecular flexibility index (Phi) is 4.95. The number of rotatable bonds is 4. The van der Waals surface area contributed by atoms with E-state index >= 15 is 0 Å². The molecule has 22 heavy (non-hydrogen) atoms. The number of aryl methyl sites for hydroxylation is 1. The molecule has 0 saturated carbocycles. The summed E-state index contributed by atoms with van der Waals surface area (Å²) < 4.78 is 0. The first-order valence-corrected chi connectivity index (χ1v) is 9.28. The van der Waals surface area contributed by atoms with Gasteiger partial charge in [-0.2, -0.15) is 0 Å². The van der Waals surface area contributed by atoms with Crippen LogP contribution in [0, 0.1) is 0 Å². The van der Waals surface area contributed by atoms with Gasteiger partial charge in [-0.1, -0.05) is 18.7 Å². The van der Waals surface area contributed by atoms with E-state index in [2.05, 4.69) is 28.3 Å². The predicted octanol–water partition coefficient (Wildman–Crippen LogP) is 2.17. The molecule has 3 rings (SSSR count). The van der Waals surface area contributed by atoms with Gasteiger partial charge < -0.3 is 10.2 Å². The van der Waals surface area contributed by atoms with E-state index in [0.29, 0.717) is 0 Å². The summed E-state index contributed by atoms with van der Waals surface area (Å²) in [4.78, 5) is 25.5. The molecule has 0 aromatic carbocycles. The number of amides is 1. The molecule has 1 amide bonds. The lowest BCUT2D eigenvalue weighted by Crippen LogP contribution is -2.48. The molecule has 0 bridgehead atoms. The molecule has 2 aromatic heterocycles. The van der Waals surface area contributed by atoms with Gasteiger partial charge in [0.1, 0.15) is 16.2 Å². The summed E-state index contributed by atoms with van der Waals surface area (Å²) >= 11 is 3.25. The van der Waals surface area contributed by atoms with Crippen molar-refractivity contribution in [3.05, 3.63) is 17.3 Å². The van der Waals surface area contributed by atoms with Crippen molar-refractivity contribution in [1.82, 2.24) is 20.2 Å². The summed E-state index contributed by atoms with van der Waals surface area (Å²) in [6.45, 7) is 7.46. The minimum Gasteiger partial charge on any atom is -0.339 e. The molecule has 1 unspecified atom stereocenters. The van der Waals surface area contributed by atoms with E-state index in [0.717, 1.165) is 47.8 Å². The largest absolute Gasteiger partial charge is 0.339 e. The van der Waals surface area contributed by atoms with Gasteiger partial charge in [-0.25, -0.2) is 9.97 Å². The van der Waals surface area contributed by atoms with Gasteiger partial charge >= 0.3 is 0 Å². The highest BCUT2D eigenvalue weighted by Crippen LogP contribution is 2.33. The minimum atomic E-state index is -0.124.